The van der Waals surface area contributed by atoms with E-state index in [1.54, 1.807) is 0 Å². The zero-order valence-electron chi connectivity index (χ0n) is 7.04. The van der Waals surface area contributed by atoms with Crippen molar-refractivity contribution in [3.63, 3.8) is 0 Å². The summed E-state index contributed by atoms with van der Waals surface area (Å²) in [5.74, 6) is 0. The van der Waals surface area contributed by atoms with Gasteiger partial charge in [-0.25, -0.2) is 0 Å². The second-order valence-corrected chi connectivity index (χ2v) is 2.76. The first kappa shape index (κ1) is 9.69. The molecule has 0 saturated carbocycles. The highest BCUT2D eigenvalue weighted by Gasteiger charge is 2.19. The summed E-state index contributed by atoms with van der Waals surface area (Å²) >= 11 is 0. The molecule has 0 radical (unpaired) electrons. The summed E-state index contributed by atoms with van der Waals surface area (Å²) < 4.78 is 0. The Hall–Kier alpha value is -1.40. The third-order valence-corrected chi connectivity index (χ3v) is 1.86. The summed E-state index contributed by atoms with van der Waals surface area (Å²) in [6.45, 7) is 0.573. The van der Waals surface area contributed by atoms with E-state index in [1.165, 1.54) is 0 Å². The molecule has 7 N–H and O–H groups in total. The van der Waals surface area contributed by atoms with E-state index in [2.05, 4.69) is 5.32 Å². The molecule has 1 aromatic rings. The third kappa shape index (κ3) is 1.53. The first-order chi connectivity index (χ1) is 6.11. The molecule has 1 aromatic carbocycles. The van der Waals surface area contributed by atoms with Crippen molar-refractivity contribution in [2.24, 2.45) is 11.5 Å². The zero-order valence-corrected chi connectivity index (χ0v) is 7.04. The lowest BCUT2D eigenvalue weighted by Crippen LogP contribution is -2.43. The molecule has 0 aliphatic rings. The summed E-state index contributed by atoms with van der Waals surface area (Å²) in [6.07, 6.45) is 0. The highest BCUT2D eigenvalue weighted by Crippen LogP contribution is 2.09. The van der Waals surface area contributed by atoms with Gasteiger partial charge in [-0.2, -0.15) is 0 Å². The fraction of sp³-hybridized carbons (Fsp3) is 0.429. The average molecular weight is 184 g/mol. The van der Waals surface area contributed by atoms with Crippen LogP contribution in [-0.4, -0.2) is 19.1 Å². The van der Waals surface area contributed by atoms with Crippen molar-refractivity contribution >= 4 is 11.4 Å². The maximum atomic E-state index is 10.9. The van der Waals surface area contributed by atoms with Crippen molar-refractivity contribution in [2.75, 3.05) is 24.1 Å². The molecule has 72 valence electrons. The summed E-state index contributed by atoms with van der Waals surface area (Å²) in [7, 11) is 0. The summed E-state index contributed by atoms with van der Waals surface area (Å²) in [5, 5.41) is 2.72. The Morgan fingerprint density at radius 1 is 1.15 bits per heavy atom. The van der Waals surface area contributed by atoms with Crippen molar-refractivity contribution < 1.29 is 0 Å². The van der Waals surface area contributed by atoms with Crippen LogP contribution >= 0.6 is 0 Å². The molecular formula is C7H12N4O2. The van der Waals surface area contributed by atoms with Gasteiger partial charge in [-0.3, -0.25) is 9.59 Å². The van der Waals surface area contributed by atoms with E-state index in [-0.39, 0.29) is 30.5 Å². The Morgan fingerprint density at radius 2 is 1.69 bits per heavy atom. The molecule has 0 aromatic heterocycles. The molecule has 0 saturated heterocycles. The molecule has 1 rings (SSSR count). The van der Waals surface area contributed by atoms with Crippen molar-refractivity contribution in [1.29, 1.82) is 0 Å². The van der Waals surface area contributed by atoms with Crippen LogP contribution in [0.4, 0.5) is 11.4 Å². The minimum Gasteiger partial charge on any atom is -0.394 e. The lowest BCUT2D eigenvalue weighted by Gasteiger charge is -2.17. The van der Waals surface area contributed by atoms with E-state index in [0.29, 0.717) is 0 Å². The molecule has 6 nitrogen and oxygen atoms in total. The van der Waals surface area contributed by atoms with E-state index in [4.69, 9.17) is 17.2 Å². The van der Waals surface area contributed by atoms with Crippen LogP contribution in [0.25, 0.3) is 0 Å². The average Bonchev–Trinajstić information content (AvgIpc) is 2.18. The van der Waals surface area contributed by atoms with Gasteiger partial charge in [0.05, 0.1) is 6.04 Å². The van der Waals surface area contributed by atoms with Gasteiger partial charge in [-0.15, -0.1) is 0 Å². The predicted molar refractivity (Wildman–Crippen MR) is 51.3 cm³/mol. The van der Waals surface area contributed by atoms with Crippen molar-refractivity contribution in [2.45, 2.75) is 6.04 Å². The summed E-state index contributed by atoms with van der Waals surface area (Å²) in [4.78, 5) is 21.6. The van der Waals surface area contributed by atoms with Crippen molar-refractivity contribution in [3.05, 3.63) is 20.4 Å². The van der Waals surface area contributed by atoms with Crippen molar-refractivity contribution in [3.8, 4) is 0 Å². The van der Waals surface area contributed by atoms with E-state index in [9.17, 15) is 9.59 Å². The fourth-order valence-corrected chi connectivity index (χ4v) is 0.971. The normalized spacial score (nSPS) is 11.0. The Balaban J connectivity index is 2.76. The standard InChI is InChI=1S/C7H12N4O2/c8-1-3(2-9)11-5-4(10)6(12)7(5)13/h3,11H,1-2,8-10H2. The Bertz CT molecular complexity index is 362. The van der Waals surface area contributed by atoms with Crippen molar-refractivity contribution in [1.82, 2.24) is 0 Å². The fourth-order valence-electron chi connectivity index (χ4n) is 0.971. The first-order valence-corrected chi connectivity index (χ1v) is 3.87. The molecule has 6 heteroatoms. The monoisotopic (exact) mass is 184 g/mol. The van der Waals surface area contributed by atoms with E-state index in [1.807, 2.05) is 0 Å². The molecule has 0 unspecified atom stereocenters. The van der Waals surface area contributed by atoms with Gasteiger partial charge in [0.1, 0.15) is 11.4 Å². The third-order valence-electron chi connectivity index (χ3n) is 1.86. The van der Waals surface area contributed by atoms with Crippen LogP contribution in [0.5, 0.6) is 0 Å². The maximum absolute atomic E-state index is 10.9. The number of hydrogen-bond acceptors (Lipinski definition) is 6. The predicted octanol–water partition coefficient (Wildman–Crippen LogP) is -2.44. The highest BCUT2D eigenvalue weighted by atomic mass is 16.2. The minimum atomic E-state index is -0.643. The Kier molecular flexibility index (Phi) is 2.64. The molecule has 0 fully saturated rings. The number of nitrogens with one attached hydrogen (secondary N) is 1. The van der Waals surface area contributed by atoms with Gasteiger partial charge in [0.15, 0.2) is 0 Å². The Labute approximate surface area is 74.4 Å². The maximum Gasteiger partial charge on any atom is 0.253 e. The van der Waals surface area contributed by atoms with E-state index >= 15 is 0 Å². The van der Waals surface area contributed by atoms with Crippen LogP contribution in [0.15, 0.2) is 9.59 Å². The zero-order chi connectivity index (χ0) is 10.0. The van der Waals surface area contributed by atoms with E-state index in [0.717, 1.165) is 0 Å². The largest absolute Gasteiger partial charge is 0.394 e. The SMILES string of the molecule is NCC(CN)Nc1c(N)c(=O)c1=O. The molecule has 0 bridgehead atoms. The van der Waals surface area contributed by atoms with Gasteiger partial charge in [0.2, 0.25) is 0 Å². The molecule has 0 atom stereocenters. The molecule has 0 spiro atoms. The highest BCUT2D eigenvalue weighted by molar-refractivity contribution is 5.71. The summed E-state index contributed by atoms with van der Waals surface area (Å²) in [6, 6.07) is -0.217. The number of nitrogen functional groups attached to an aromatic ring is 1. The van der Waals surface area contributed by atoms with Gasteiger partial charge in [0, 0.05) is 13.1 Å². The Morgan fingerprint density at radius 3 is 2.08 bits per heavy atom. The minimum absolute atomic E-state index is 0.0306. The van der Waals surface area contributed by atoms with Crippen LogP contribution in [0.1, 0.15) is 0 Å². The molecule has 0 aliphatic heterocycles. The quantitative estimate of drug-likeness (QED) is 0.385. The molecule has 13 heavy (non-hydrogen) atoms. The van der Waals surface area contributed by atoms with Gasteiger partial charge < -0.3 is 22.5 Å². The van der Waals surface area contributed by atoms with Crippen LogP contribution in [0.2, 0.25) is 0 Å². The second kappa shape index (κ2) is 3.55. The number of anilines is 2. The number of hydrogen-bond donors (Lipinski definition) is 4. The first-order valence-electron chi connectivity index (χ1n) is 3.87. The number of rotatable bonds is 4. The van der Waals surface area contributed by atoms with Crippen LogP contribution in [0.3, 0.4) is 0 Å². The second-order valence-electron chi connectivity index (χ2n) is 2.76. The lowest BCUT2D eigenvalue weighted by molar-refractivity contribution is 0.735. The smallest absolute Gasteiger partial charge is 0.253 e. The molecule has 0 aliphatic carbocycles. The van der Waals surface area contributed by atoms with Gasteiger partial charge in [-0.1, -0.05) is 0 Å². The molecule has 0 heterocycles. The number of nitrogens with two attached hydrogens (primary N) is 3. The van der Waals surface area contributed by atoms with Gasteiger partial charge in [0.25, 0.3) is 10.9 Å². The van der Waals surface area contributed by atoms with Crippen LogP contribution in [0, 0.1) is 0 Å². The van der Waals surface area contributed by atoms with Gasteiger partial charge >= 0.3 is 0 Å². The van der Waals surface area contributed by atoms with Crippen LogP contribution < -0.4 is 33.4 Å². The van der Waals surface area contributed by atoms with E-state index < -0.39 is 10.9 Å². The van der Waals surface area contributed by atoms with Crippen LogP contribution in [-0.2, 0) is 0 Å². The molecule has 0 amide bonds. The lowest BCUT2D eigenvalue weighted by atomic mass is 10.1. The summed E-state index contributed by atoms with van der Waals surface area (Å²) in [5.41, 5.74) is 14.8. The topological polar surface area (TPSA) is 124 Å². The molecular weight excluding hydrogens is 172 g/mol. The van der Waals surface area contributed by atoms with Gasteiger partial charge in [-0.05, 0) is 0 Å².